The zero-order valence-corrected chi connectivity index (χ0v) is 10.4. The van der Waals surface area contributed by atoms with Gasteiger partial charge in [-0.2, -0.15) is 0 Å². The van der Waals surface area contributed by atoms with Crippen molar-refractivity contribution in [3.05, 3.63) is 30.3 Å². The number of rotatable bonds is 9. The molecule has 0 aromatic heterocycles. The molecule has 1 aromatic carbocycles. The lowest BCUT2D eigenvalue weighted by molar-refractivity contribution is 0.304. The van der Waals surface area contributed by atoms with Crippen LogP contribution in [0, 0.1) is 6.07 Å². The fourth-order valence-electron chi connectivity index (χ4n) is 1.72. The molecule has 1 nitrogen and oxygen atoms in total. The summed E-state index contributed by atoms with van der Waals surface area (Å²) >= 11 is 0. The molecule has 16 heavy (non-hydrogen) atoms. The van der Waals surface area contributed by atoms with Crippen molar-refractivity contribution in [2.75, 3.05) is 6.61 Å². The second-order valence-electron chi connectivity index (χ2n) is 4.21. The summed E-state index contributed by atoms with van der Waals surface area (Å²) < 4.78 is 5.61. The van der Waals surface area contributed by atoms with Crippen molar-refractivity contribution in [1.82, 2.24) is 0 Å². The van der Waals surface area contributed by atoms with E-state index in [-0.39, 0.29) is 0 Å². The third-order valence-corrected chi connectivity index (χ3v) is 2.70. The Balaban J connectivity index is 1.89. The smallest absolute Gasteiger partial charge is 0.119 e. The lowest BCUT2D eigenvalue weighted by Gasteiger charge is -2.05. The van der Waals surface area contributed by atoms with Gasteiger partial charge in [-0.15, -0.1) is 0 Å². The van der Waals surface area contributed by atoms with E-state index < -0.39 is 0 Å². The lowest BCUT2D eigenvalue weighted by atomic mass is 10.1. The monoisotopic (exact) mass is 219 g/mol. The van der Waals surface area contributed by atoms with Crippen molar-refractivity contribution in [2.45, 2.75) is 51.9 Å². The van der Waals surface area contributed by atoms with Crippen LogP contribution in [0.3, 0.4) is 0 Å². The van der Waals surface area contributed by atoms with Gasteiger partial charge in [0.2, 0.25) is 0 Å². The van der Waals surface area contributed by atoms with E-state index in [2.05, 4.69) is 13.0 Å². The largest absolute Gasteiger partial charge is 0.494 e. The van der Waals surface area contributed by atoms with Crippen LogP contribution in [0.5, 0.6) is 5.75 Å². The van der Waals surface area contributed by atoms with Crippen LogP contribution in [0.25, 0.3) is 0 Å². The van der Waals surface area contributed by atoms with Crippen LogP contribution in [0.1, 0.15) is 51.9 Å². The Kier molecular flexibility index (Phi) is 7.57. The van der Waals surface area contributed by atoms with Gasteiger partial charge >= 0.3 is 0 Å². The highest BCUT2D eigenvalue weighted by Crippen LogP contribution is 2.10. The maximum Gasteiger partial charge on any atom is 0.119 e. The molecular formula is C15H23O. The van der Waals surface area contributed by atoms with E-state index in [1.807, 2.05) is 24.3 Å². The minimum atomic E-state index is 0.845. The maximum atomic E-state index is 5.61. The normalized spacial score (nSPS) is 10.3. The van der Waals surface area contributed by atoms with E-state index in [0.29, 0.717) is 0 Å². The molecule has 0 fully saturated rings. The number of hydrogen-bond donors (Lipinski definition) is 0. The fourth-order valence-corrected chi connectivity index (χ4v) is 1.72. The Morgan fingerprint density at radius 2 is 1.56 bits per heavy atom. The van der Waals surface area contributed by atoms with Crippen LogP contribution in [-0.4, -0.2) is 6.61 Å². The predicted octanol–water partition coefficient (Wildman–Crippen LogP) is 4.62. The molecule has 0 spiro atoms. The van der Waals surface area contributed by atoms with Crippen molar-refractivity contribution in [2.24, 2.45) is 0 Å². The van der Waals surface area contributed by atoms with Crippen LogP contribution in [0.4, 0.5) is 0 Å². The van der Waals surface area contributed by atoms with Gasteiger partial charge in [-0.3, -0.25) is 0 Å². The molecule has 0 aliphatic rings. The summed E-state index contributed by atoms with van der Waals surface area (Å²) in [5.41, 5.74) is 0. The molecule has 1 radical (unpaired) electrons. The zero-order chi connectivity index (χ0) is 11.5. The summed E-state index contributed by atoms with van der Waals surface area (Å²) in [5, 5.41) is 0. The maximum absolute atomic E-state index is 5.61. The summed E-state index contributed by atoms with van der Waals surface area (Å²) in [4.78, 5) is 0. The highest BCUT2D eigenvalue weighted by molar-refractivity contribution is 5.20. The fraction of sp³-hybridized carbons (Fsp3) is 0.600. The van der Waals surface area contributed by atoms with Crippen molar-refractivity contribution in [1.29, 1.82) is 0 Å². The van der Waals surface area contributed by atoms with Gasteiger partial charge in [-0.05, 0) is 24.6 Å². The van der Waals surface area contributed by atoms with Gasteiger partial charge in [0.05, 0.1) is 6.61 Å². The quantitative estimate of drug-likeness (QED) is 0.551. The van der Waals surface area contributed by atoms with Crippen molar-refractivity contribution < 1.29 is 4.74 Å². The molecule has 1 aromatic rings. The highest BCUT2D eigenvalue weighted by Gasteiger charge is 1.93. The molecule has 0 bridgehead atoms. The summed E-state index contributed by atoms with van der Waals surface area (Å²) in [6, 6.07) is 10.7. The van der Waals surface area contributed by atoms with Crippen LogP contribution in [-0.2, 0) is 0 Å². The van der Waals surface area contributed by atoms with Crippen molar-refractivity contribution in [3.8, 4) is 5.75 Å². The summed E-state index contributed by atoms with van der Waals surface area (Å²) in [6.07, 6.45) is 9.31. The SMILES string of the molecule is CCCCCCCCCOc1cc[c]cc1. The average molecular weight is 219 g/mol. The van der Waals surface area contributed by atoms with Crippen LogP contribution in [0.2, 0.25) is 0 Å². The Bertz CT molecular complexity index is 243. The molecule has 0 amide bonds. The molecule has 1 rings (SSSR count). The van der Waals surface area contributed by atoms with Gasteiger partial charge in [0.1, 0.15) is 5.75 Å². The summed E-state index contributed by atoms with van der Waals surface area (Å²) in [7, 11) is 0. The number of ether oxygens (including phenoxy) is 1. The second kappa shape index (κ2) is 9.26. The Hall–Kier alpha value is -0.980. The first-order chi connectivity index (χ1) is 7.93. The highest BCUT2D eigenvalue weighted by atomic mass is 16.5. The third-order valence-electron chi connectivity index (χ3n) is 2.70. The number of hydrogen-bond acceptors (Lipinski definition) is 1. The van der Waals surface area contributed by atoms with Gasteiger partial charge in [0, 0.05) is 0 Å². The Morgan fingerprint density at radius 3 is 2.25 bits per heavy atom. The van der Waals surface area contributed by atoms with Gasteiger partial charge in [-0.1, -0.05) is 57.6 Å². The standard InChI is InChI=1S/C15H23O/c1-2-3-4-5-6-7-11-14-16-15-12-9-8-10-13-15/h9-10,12-13H,2-7,11,14H2,1H3. The predicted molar refractivity (Wildman–Crippen MR) is 68.8 cm³/mol. The first-order valence-corrected chi connectivity index (χ1v) is 6.52. The van der Waals surface area contributed by atoms with Crippen molar-refractivity contribution >= 4 is 0 Å². The van der Waals surface area contributed by atoms with Gasteiger partial charge in [0.15, 0.2) is 0 Å². The van der Waals surface area contributed by atoms with Crippen LogP contribution >= 0.6 is 0 Å². The van der Waals surface area contributed by atoms with E-state index in [4.69, 9.17) is 4.74 Å². The molecule has 0 aliphatic heterocycles. The molecule has 0 atom stereocenters. The number of unbranched alkanes of at least 4 members (excludes halogenated alkanes) is 6. The van der Waals surface area contributed by atoms with E-state index in [0.717, 1.165) is 12.4 Å². The van der Waals surface area contributed by atoms with Gasteiger partial charge in [0.25, 0.3) is 0 Å². The minimum Gasteiger partial charge on any atom is -0.494 e. The lowest BCUT2D eigenvalue weighted by Crippen LogP contribution is -1.96. The first-order valence-electron chi connectivity index (χ1n) is 6.52. The van der Waals surface area contributed by atoms with Gasteiger partial charge in [-0.25, -0.2) is 0 Å². The summed E-state index contributed by atoms with van der Waals surface area (Å²) in [5.74, 6) is 0.963. The number of benzene rings is 1. The van der Waals surface area contributed by atoms with E-state index in [1.54, 1.807) is 0 Å². The van der Waals surface area contributed by atoms with E-state index in [1.165, 1.54) is 44.9 Å². The van der Waals surface area contributed by atoms with Gasteiger partial charge < -0.3 is 4.74 Å². The third kappa shape index (κ3) is 6.49. The van der Waals surface area contributed by atoms with Crippen LogP contribution < -0.4 is 4.74 Å². The molecule has 0 aliphatic carbocycles. The second-order valence-corrected chi connectivity index (χ2v) is 4.21. The summed E-state index contributed by atoms with van der Waals surface area (Å²) in [6.45, 7) is 3.10. The van der Waals surface area contributed by atoms with E-state index in [9.17, 15) is 0 Å². The van der Waals surface area contributed by atoms with Crippen LogP contribution in [0.15, 0.2) is 24.3 Å². The first kappa shape index (κ1) is 13.1. The molecule has 89 valence electrons. The molecule has 1 heteroatoms. The average Bonchev–Trinajstić information content (AvgIpc) is 2.34. The molecular weight excluding hydrogens is 196 g/mol. The molecule has 0 saturated heterocycles. The molecule has 0 unspecified atom stereocenters. The van der Waals surface area contributed by atoms with E-state index >= 15 is 0 Å². The topological polar surface area (TPSA) is 9.23 Å². The molecule has 0 N–H and O–H groups in total. The zero-order valence-electron chi connectivity index (χ0n) is 10.4. The minimum absolute atomic E-state index is 0.845. The Labute approximate surface area is 99.8 Å². The van der Waals surface area contributed by atoms with Crippen molar-refractivity contribution in [3.63, 3.8) is 0 Å². The Morgan fingerprint density at radius 1 is 0.938 bits per heavy atom. The molecule has 0 heterocycles. The molecule has 0 saturated carbocycles.